The molecule has 0 radical (unpaired) electrons. The van der Waals surface area contributed by atoms with Gasteiger partial charge >= 0.3 is 0 Å². The van der Waals surface area contributed by atoms with Crippen LogP contribution in [0.25, 0.3) is 16.6 Å². The molecule has 0 fully saturated rings. The molecule has 0 saturated carbocycles. The summed E-state index contributed by atoms with van der Waals surface area (Å²) in [6.45, 7) is 1.96. The topological polar surface area (TPSA) is 46.9 Å². The van der Waals surface area contributed by atoms with Crippen LogP contribution in [-0.2, 0) is 0 Å². The van der Waals surface area contributed by atoms with Crippen molar-refractivity contribution < 1.29 is 0 Å². The van der Waals surface area contributed by atoms with Crippen LogP contribution in [0.1, 0.15) is 18.8 Å². The number of benzene rings is 2. The molecule has 2 aromatic carbocycles. The van der Waals surface area contributed by atoms with Gasteiger partial charge < -0.3 is 5.32 Å². The van der Waals surface area contributed by atoms with Crippen molar-refractivity contribution in [2.75, 3.05) is 7.05 Å². The van der Waals surface area contributed by atoms with Gasteiger partial charge in [0.05, 0.1) is 27.7 Å². The molecular formula is C17H16ClN3O. The fourth-order valence-corrected chi connectivity index (χ4v) is 2.66. The molecule has 1 unspecified atom stereocenters. The van der Waals surface area contributed by atoms with E-state index in [0.29, 0.717) is 27.4 Å². The Morgan fingerprint density at radius 2 is 1.82 bits per heavy atom. The summed E-state index contributed by atoms with van der Waals surface area (Å²) in [5.41, 5.74) is 1.22. The lowest BCUT2D eigenvalue weighted by Crippen LogP contribution is -2.29. The van der Waals surface area contributed by atoms with Crippen molar-refractivity contribution in [3.05, 3.63) is 69.7 Å². The minimum absolute atomic E-state index is 0.0893. The first kappa shape index (κ1) is 14.8. The van der Waals surface area contributed by atoms with Crippen molar-refractivity contribution in [2.45, 2.75) is 13.0 Å². The predicted molar refractivity (Wildman–Crippen MR) is 89.8 cm³/mol. The summed E-state index contributed by atoms with van der Waals surface area (Å²) in [6.07, 6.45) is 0. The maximum atomic E-state index is 13.0. The van der Waals surface area contributed by atoms with E-state index in [1.807, 2.05) is 50.4 Å². The van der Waals surface area contributed by atoms with Crippen molar-refractivity contribution in [3.63, 3.8) is 0 Å². The van der Waals surface area contributed by atoms with Crippen molar-refractivity contribution in [2.24, 2.45) is 0 Å². The normalized spacial score (nSPS) is 12.5. The summed E-state index contributed by atoms with van der Waals surface area (Å²) in [4.78, 5) is 17.6. The van der Waals surface area contributed by atoms with E-state index in [2.05, 4.69) is 10.3 Å². The molecule has 3 aromatic rings. The third-order valence-electron chi connectivity index (χ3n) is 3.72. The van der Waals surface area contributed by atoms with Crippen LogP contribution in [0.3, 0.4) is 0 Å². The predicted octanol–water partition coefficient (Wildman–Crippen LogP) is 3.32. The molecule has 0 aliphatic carbocycles. The SMILES string of the molecule is CNC(C)c1nc2ccccc2c(=O)n1-c1ccccc1Cl. The van der Waals surface area contributed by atoms with Crippen LogP contribution in [0.5, 0.6) is 0 Å². The van der Waals surface area contributed by atoms with Crippen molar-refractivity contribution in [3.8, 4) is 5.69 Å². The molecule has 1 heterocycles. The smallest absolute Gasteiger partial charge is 0.266 e. The lowest BCUT2D eigenvalue weighted by atomic mass is 10.2. The highest BCUT2D eigenvalue weighted by Crippen LogP contribution is 2.23. The highest BCUT2D eigenvalue weighted by Gasteiger charge is 2.17. The number of hydrogen-bond acceptors (Lipinski definition) is 3. The van der Waals surface area contributed by atoms with Gasteiger partial charge in [0.25, 0.3) is 5.56 Å². The Labute approximate surface area is 133 Å². The Balaban J connectivity index is 2.43. The molecule has 1 atom stereocenters. The number of para-hydroxylation sites is 2. The third-order valence-corrected chi connectivity index (χ3v) is 4.03. The van der Waals surface area contributed by atoms with Gasteiger partial charge in [-0.2, -0.15) is 0 Å². The largest absolute Gasteiger partial charge is 0.311 e. The van der Waals surface area contributed by atoms with Crippen LogP contribution in [0.4, 0.5) is 0 Å². The summed E-state index contributed by atoms with van der Waals surface area (Å²) < 4.78 is 1.59. The quantitative estimate of drug-likeness (QED) is 0.807. The van der Waals surface area contributed by atoms with Gasteiger partial charge in [-0.15, -0.1) is 0 Å². The molecule has 112 valence electrons. The second-order valence-electron chi connectivity index (χ2n) is 5.09. The Morgan fingerprint density at radius 1 is 1.14 bits per heavy atom. The molecule has 0 bridgehead atoms. The first-order chi connectivity index (χ1) is 10.6. The van der Waals surface area contributed by atoms with Gasteiger partial charge in [0.1, 0.15) is 5.82 Å². The summed E-state index contributed by atoms with van der Waals surface area (Å²) >= 11 is 6.29. The lowest BCUT2D eigenvalue weighted by Gasteiger charge is -2.18. The fourth-order valence-electron chi connectivity index (χ4n) is 2.44. The minimum Gasteiger partial charge on any atom is -0.311 e. The van der Waals surface area contributed by atoms with E-state index >= 15 is 0 Å². The molecule has 22 heavy (non-hydrogen) atoms. The van der Waals surface area contributed by atoms with Gasteiger partial charge in [-0.05, 0) is 38.2 Å². The zero-order valence-electron chi connectivity index (χ0n) is 12.4. The zero-order chi connectivity index (χ0) is 15.7. The van der Waals surface area contributed by atoms with E-state index in [0.717, 1.165) is 0 Å². The highest BCUT2D eigenvalue weighted by atomic mass is 35.5. The average Bonchev–Trinajstić information content (AvgIpc) is 2.55. The van der Waals surface area contributed by atoms with Gasteiger partial charge in [-0.1, -0.05) is 35.9 Å². The van der Waals surface area contributed by atoms with Crippen LogP contribution in [-0.4, -0.2) is 16.6 Å². The zero-order valence-corrected chi connectivity index (χ0v) is 13.1. The Bertz CT molecular complexity index is 888. The van der Waals surface area contributed by atoms with Gasteiger partial charge in [-0.25, -0.2) is 4.98 Å². The summed E-state index contributed by atoms with van der Waals surface area (Å²) in [5.74, 6) is 0.638. The number of aromatic nitrogens is 2. The van der Waals surface area contributed by atoms with Crippen molar-refractivity contribution >= 4 is 22.5 Å². The molecule has 0 aliphatic rings. The second-order valence-corrected chi connectivity index (χ2v) is 5.50. The molecule has 1 N–H and O–H groups in total. The van der Waals surface area contributed by atoms with Crippen LogP contribution >= 0.6 is 11.6 Å². The molecular weight excluding hydrogens is 298 g/mol. The summed E-state index contributed by atoms with van der Waals surface area (Å²) in [6, 6.07) is 14.5. The van der Waals surface area contributed by atoms with E-state index in [4.69, 9.17) is 11.6 Å². The number of nitrogens with one attached hydrogen (secondary N) is 1. The van der Waals surface area contributed by atoms with E-state index in [9.17, 15) is 4.79 Å². The summed E-state index contributed by atoms with van der Waals surface area (Å²) in [5, 5.41) is 4.24. The third kappa shape index (κ3) is 2.40. The van der Waals surface area contributed by atoms with Crippen LogP contribution in [0.2, 0.25) is 5.02 Å². The van der Waals surface area contributed by atoms with Crippen LogP contribution in [0.15, 0.2) is 53.3 Å². The lowest BCUT2D eigenvalue weighted by molar-refractivity contribution is 0.589. The van der Waals surface area contributed by atoms with Crippen LogP contribution in [0, 0.1) is 0 Å². The van der Waals surface area contributed by atoms with Gasteiger partial charge in [0, 0.05) is 0 Å². The maximum absolute atomic E-state index is 13.0. The molecule has 0 amide bonds. The highest BCUT2D eigenvalue weighted by molar-refractivity contribution is 6.32. The van der Waals surface area contributed by atoms with E-state index in [-0.39, 0.29) is 11.6 Å². The van der Waals surface area contributed by atoms with Crippen molar-refractivity contribution in [1.82, 2.24) is 14.9 Å². The monoisotopic (exact) mass is 313 g/mol. The summed E-state index contributed by atoms with van der Waals surface area (Å²) in [7, 11) is 1.84. The first-order valence-electron chi connectivity index (χ1n) is 7.07. The van der Waals surface area contributed by atoms with Gasteiger partial charge in [-0.3, -0.25) is 9.36 Å². The van der Waals surface area contributed by atoms with Crippen LogP contribution < -0.4 is 10.9 Å². The fraction of sp³-hybridized carbons (Fsp3) is 0.176. The number of rotatable bonds is 3. The Morgan fingerprint density at radius 3 is 2.55 bits per heavy atom. The molecule has 0 aliphatic heterocycles. The molecule has 0 spiro atoms. The molecule has 3 rings (SSSR count). The Hall–Kier alpha value is -2.17. The van der Waals surface area contributed by atoms with Gasteiger partial charge in [0.15, 0.2) is 0 Å². The second kappa shape index (κ2) is 5.91. The van der Waals surface area contributed by atoms with E-state index < -0.39 is 0 Å². The van der Waals surface area contributed by atoms with Gasteiger partial charge in [0.2, 0.25) is 0 Å². The first-order valence-corrected chi connectivity index (χ1v) is 7.45. The number of hydrogen-bond donors (Lipinski definition) is 1. The standard InChI is InChI=1S/C17H16ClN3O/c1-11(19-2)16-20-14-9-5-3-7-12(14)17(22)21(16)15-10-6-4-8-13(15)18/h3-11,19H,1-2H3. The molecule has 1 aromatic heterocycles. The van der Waals surface area contributed by atoms with Crippen molar-refractivity contribution in [1.29, 1.82) is 0 Å². The molecule has 4 nitrogen and oxygen atoms in total. The molecule has 0 saturated heterocycles. The average molecular weight is 314 g/mol. The Kier molecular flexibility index (Phi) is 3.96. The van der Waals surface area contributed by atoms with E-state index in [1.165, 1.54) is 0 Å². The van der Waals surface area contributed by atoms with E-state index in [1.54, 1.807) is 16.7 Å². The maximum Gasteiger partial charge on any atom is 0.266 e. The number of halogens is 1. The minimum atomic E-state index is -0.115. The molecule has 5 heteroatoms. The number of nitrogens with zero attached hydrogens (tertiary/aromatic N) is 2. The number of fused-ring (bicyclic) bond motifs is 1.